The molecule has 9 heteroatoms. The first kappa shape index (κ1) is 22.1. The van der Waals surface area contributed by atoms with Crippen molar-refractivity contribution in [2.24, 2.45) is 0 Å². The molecule has 160 valence electrons. The van der Waals surface area contributed by atoms with Gasteiger partial charge in [0.1, 0.15) is 6.04 Å². The van der Waals surface area contributed by atoms with Gasteiger partial charge in [0.05, 0.1) is 5.75 Å². The zero-order chi connectivity index (χ0) is 21.0. The predicted molar refractivity (Wildman–Crippen MR) is 112 cm³/mol. The van der Waals surface area contributed by atoms with Crippen LogP contribution in [0.5, 0.6) is 0 Å². The molecular formula is C20H28ClN3O4S. The maximum Gasteiger partial charge on any atom is 0.254 e. The minimum Gasteiger partial charge on any atom is -0.338 e. The van der Waals surface area contributed by atoms with Crippen LogP contribution in [0, 0.1) is 0 Å². The van der Waals surface area contributed by atoms with Gasteiger partial charge in [-0.05, 0) is 37.5 Å². The highest BCUT2D eigenvalue weighted by Gasteiger charge is 2.39. The number of benzene rings is 1. The third-order valence-corrected chi connectivity index (χ3v) is 7.82. The Morgan fingerprint density at radius 1 is 1.07 bits per heavy atom. The lowest BCUT2D eigenvalue weighted by Gasteiger charge is -2.40. The highest BCUT2D eigenvalue weighted by atomic mass is 35.5. The molecule has 0 saturated carbocycles. The normalized spacial score (nSPS) is 21.2. The summed E-state index contributed by atoms with van der Waals surface area (Å²) in [6.45, 7) is 3.89. The molecule has 0 aromatic heterocycles. The number of amides is 2. The molecule has 1 aromatic carbocycles. The van der Waals surface area contributed by atoms with Crippen molar-refractivity contribution in [2.75, 3.05) is 38.5 Å². The Morgan fingerprint density at radius 2 is 1.76 bits per heavy atom. The SMILES string of the molecule is CCCS(=O)(=O)N1CCCCC1C(=O)N1CCN(C(=O)c2cccc(Cl)c2)CC1. The van der Waals surface area contributed by atoms with Gasteiger partial charge in [0, 0.05) is 43.3 Å². The molecule has 0 radical (unpaired) electrons. The number of piperidine rings is 1. The second-order valence-electron chi connectivity index (χ2n) is 7.57. The summed E-state index contributed by atoms with van der Waals surface area (Å²) in [6.07, 6.45) is 2.73. The Kier molecular flexibility index (Phi) is 7.19. The Balaban J connectivity index is 1.63. The van der Waals surface area contributed by atoms with Crippen LogP contribution < -0.4 is 0 Å². The van der Waals surface area contributed by atoms with Crippen LogP contribution in [0.1, 0.15) is 43.0 Å². The molecule has 0 bridgehead atoms. The van der Waals surface area contributed by atoms with Crippen LogP contribution in [0.25, 0.3) is 0 Å². The van der Waals surface area contributed by atoms with E-state index in [4.69, 9.17) is 11.6 Å². The van der Waals surface area contributed by atoms with Crippen LogP contribution in [-0.2, 0) is 14.8 Å². The Morgan fingerprint density at radius 3 is 2.41 bits per heavy atom. The second kappa shape index (κ2) is 9.45. The standard InChI is InChI=1S/C20H28ClN3O4S/c1-2-14-29(27,28)24-9-4-3-8-18(24)20(26)23-12-10-22(11-13-23)19(25)16-6-5-7-17(21)15-16/h5-7,15,18H,2-4,8-14H2,1H3. The average Bonchev–Trinajstić information content (AvgIpc) is 2.73. The fourth-order valence-corrected chi connectivity index (χ4v) is 5.94. The van der Waals surface area contributed by atoms with Gasteiger partial charge in [-0.1, -0.05) is 31.0 Å². The van der Waals surface area contributed by atoms with Gasteiger partial charge in [-0.3, -0.25) is 9.59 Å². The van der Waals surface area contributed by atoms with Crippen LogP contribution in [0.3, 0.4) is 0 Å². The topological polar surface area (TPSA) is 78.0 Å². The van der Waals surface area contributed by atoms with E-state index in [1.807, 2.05) is 6.92 Å². The average molecular weight is 442 g/mol. The molecule has 29 heavy (non-hydrogen) atoms. The van der Waals surface area contributed by atoms with Crippen LogP contribution >= 0.6 is 11.6 Å². The summed E-state index contributed by atoms with van der Waals surface area (Å²) < 4.78 is 26.6. The number of piperazine rings is 1. The van der Waals surface area contributed by atoms with E-state index in [0.717, 1.165) is 12.8 Å². The Labute approximate surface area is 177 Å². The molecule has 2 heterocycles. The summed E-state index contributed by atoms with van der Waals surface area (Å²) in [6, 6.07) is 6.21. The fraction of sp³-hybridized carbons (Fsp3) is 0.600. The number of hydrogen-bond donors (Lipinski definition) is 0. The minimum absolute atomic E-state index is 0.0681. The molecule has 0 spiro atoms. The molecule has 2 aliphatic heterocycles. The Bertz CT molecular complexity index is 853. The quantitative estimate of drug-likeness (QED) is 0.701. The van der Waals surface area contributed by atoms with E-state index in [1.54, 1.807) is 34.1 Å². The van der Waals surface area contributed by atoms with Crippen LogP contribution in [-0.4, -0.2) is 78.9 Å². The van der Waals surface area contributed by atoms with Crippen molar-refractivity contribution in [3.05, 3.63) is 34.9 Å². The first-order chi connectivity index (χ1) is 13.8. The predicted octanol–water partition coefficient (Wildman–Crippen LogP) is 2.22. The number of nitrogens with zero attached hydrogens (tertiary/aromatic N) is 3. The molecule has 1 atom stereocenters. The maximum absolute atomic E-state index is 13.1. The molecule has 0 aliphatic carbocycles. The maximum atomic E-state index is 13.1. The number of hydrogen-bond acceptors (Lipinski definition) is 4. The minimum atomic E-state index is -3.42. The van der Waals surface area contributed by atoms with Gasteiger partial charge in [-0.25, -0.2) is 8.42 Å². The second-order valence-corrected chi connectivity index (χ2v) is 10.0. The molecular weight excluding hydrogens is 414 g/mol. The lowest BCUT2D eigenvalue weighted by atomic mass is 10.0. The Hall–Kier alpha value is -1.64. The van der Waals surface area contributed by atoms with Crippen LogP contribution in [0.2, 0.25) is 5.02 Å². The summed E-state index contributed by atoms with van der Waals surface area (Å²) >= 11 is 5.97. The number of sulfonamides is 1. The van der Waals surface area contributed by atoms with E-state index in [-0.39, 0.29) is 17.6 Å². The highest BCUT2D eigenvalue weighted by Crippen LogP contribution is 2.24. The third-order valence-electron chi connectivity index (χ3n) is 5.51. The van der Waals surface area contributed by atoms with Gasteiger partial charge in [0.15, 0.2) is 0 Å². The zero-order valence-corrected chi connectivity index (χ0v) is 18.3. The number of carbonyl (C=O) groups excluding carboxylic acids is 2. The van der Waals surface area contributed by atoms with Crippen LogP contribution in [0.15, 0.2) is 24.3 Å². The summed E-state index contributed by atoms with van der Waals surface area (Å²) in [4.78, 5) is 29.2. The largest absolute Gasteiger partial charge is 0.338 e. The molecule has 2 aliphatic rings. The molecule has 2 fully saturated rings. The first-order valence-corrected chi connectivity index (χ1v) is 12.2. The fourth-order valence-electron chi connectivity index (χ4n) is 4.00. The van der Waals surface area contributed by atoms with Crippen LogP contribution in [0.4, 0.5) is 0 Å². The number of carbonyl (C=O) groups is 2. The lowest BCUT2D eigenvalue weighted by Crippen LogP contribution is -2.57. The summed E-state index contributed by atoms with van der Waals surface area (Å²) in [7, 11) is -3.42. The van der Waals surface area contributed by atoms with E-state index in [0.29, 0.717) is 56.2 Å². The van der Waals surface area contributed by atoms with Crippen molar-refractivity contribution in [1.82, 2.24) is 14.1 Å². The highest BCUT2D eigenvalue weighted by molar-refractivity contribution is 7.89. The molecule has 1 unspecified atom stereocenters. The molecule has 0 N–H and O–H groups in total. The first-order valence-electron chi connectivity index (χ1n) is 10.2. The third kappa shape index (κ3) is 5.10. The molecule has 1 aromatic rings. The molecule has 7 nitrogen and oxygen atoms in total. The van der Waals surface area contributed by atoms with E-state index in [1.165, 1.54) is 4.31 Å². The van der Waals surface area contributed by atoms with E-state index in [9.17, 15) is 18.0 Å². The van der Waals surface area contributed by atoms with E-state index >= 15 is 0 Å². The summed E-state index contributed by atoms with van der Waals surface area (Å²) in [5.74, 6) is -0.178. The zero-order valence-electron chi connectivity index (χ0n) is 16.7. The van der Waals surface area contributed by atoms with Gasteiger partial charge < -0.3 is 9.80 Å². The van der Waals surface area contributed by atoms with Crippen molar-refractivity contribution >= 4 is 33.4 Å². The summed E-state index contributed by atoms with van der Waals surface area (Å²) in [5, 5.41) is 0.510. The van der Waals surface area contributed by atoms with E-state index < -0.39 is 16.1 Å². The number of halogens is 1. The molecule has 3 rings (SSSR count). The van der Waals surface area contributed by atoms with Crippen molar-refractivity contribution in [1.29, 1.82) is 0 Å². The lowest BCUT2D eigenvalue weighted by molar-refractivity contribution is -0.137. The van der Waals surface area contributed by atoms with Gasteiger partial charge in [-0.15, -0.1) is 0 Å². The smallest absolute Gasteiger partial charge is 0.254 e. The molecule has 2 saturated heterocycles. The van der Waals surface area contributed by atoms with Gasteiger partial charge in [0.25, 0.3) is 5.91 Å². The number of rotatable bonds is 5. The van der Waals surface area contributed by atoms with Crippen molar-refractivity contribution < 1.29 is 18.0 Å². The van der Waals surface area contributed by atoms with Gasteiger partial charge in [-0.2, -0.15) is 4.31 Å². The van der Waals surface area contributed by atoms with Crippen molar-refractivity contribution in [3.63, 3.8) is 0 Å². The monoisotopic (exact) mass is 441 g/mol. The van der Waals surface area contributed by atoms with Gasteiger partial charge in [0.2, 0.25) is 15.9 Å². The van der Waals surface area contributed by atoms with Crippen molar-refractivity contribution in [2.45, 2.75) is 38.6 Å². The van der Waals surface area contributed by atoms with Crippen molar-refractivity contribution in [3.8, 4) is 0 Å². The molecule has 2 amide bonds. The summed E-state index contributed by atoms with van der Waals surface area (Å²) in [5.41, 5.74) is 0.529. The van der Waals surface area contributed by atoms with Gasteiger partial charge >= 0.3 is 0 Å². The van der Waals surface area contributed by atoms with E-state index in [2.05, 4.69) is 0 Å².